The lowest BCUT2D eigenvalue weighted by Gasteiger charge is -2.29. The molecule has 45 heavy (non-hydrogen) atoms. The van der Waals surface area contributed by atoms with Gasteiger partial charge in [-0.3, -0.25) is 0 Å². The van der Waals surface area contributed by atoms with Crippen LogP contribution >= 0.6 is 11.3 Å². The smallest absolute Gasteiger partial charge is 0.269 e. The zero-order valence-electron chi connectivity index (χ0n) is 24.8. The number of ether oxygens (including phenoxy) is 2. The van der Waals surface area contributed by atoms with E-state index in [9.17, 15) is 5.26 Å². The minimum atomic E-state index is 0.0996. The maximum absolute atomic E-state index is 9.91. The Morgan fingerprint density at radius 2 is 1.47 bits per heavy atom. The van der Waals surface area contributed by atoms with Crippen LogP contribution in [-0.2, 0) is 9.47 Å². The van der Waals surface area contributed by atoms with Crippen molar-refractivity contribution in [3.8, 4) is 28.3 Å². The molecule has 3 aliphatic rings. The third-order valence-corrected chi connectivity index (χ3v) is 9.63. The number of hydrogen-bond acceptors (Lipinski definition) is 5. The van der Waals surface area contributed by atoms with Gasteiger partial charge in [-0.05, 0) is 53.7 Å². The van der Waals surface area contributed by atoms with E-state index < -0.39 is 0 Å². The molecule has 6 heteroatoms. The fourth-order valence-corrected chi connectivity index (χ4v) is 7.67. The summed E-state index contributed by atoms with van der Waals surface area (Å²) < 4.78 is 12.5. The first kappa shape index (κ1) is 28.6. The second kappa shape index (κ2) is 12.8. The summed E-state index contributed by atoms with van der Waals surface area (Å²) in [4.78, 5) is 7.24. The summed E-state index contributed by atoms with van der Waals surface area (Å²) in [5.41, 5.74) is 8.51. The van der Waals surface area contributed by atoms with E-state index in [-0.39, 0.29) is 5.70 Å². The lowest BCUT2D eigenvalue weighted by molar-refractivity contribution is 0.123. The third-order valence-electron chi connectivity index (χ3n) is 8.43. The Morgan fingerprint density at radius 1 is 0.844 bits per heavy atom. The van der Waals surface area contributed by atoms with Crippen molar-refractivity contribution in [1.29, 1.82) is 5.26 Å². The summed E-state index contributed by atoms with van der Waals surface area (Å²) in [5, 5.41) is 11.2. The highest BCUT2D eigenvalue weighted by Gasteiger charge is 2.30. The molecule has 4 aromatic rings. The number of benzene rings is 3. The highest BCUT2D eigenvalue weighted by molar-refractivity contribution is 7.18. The highest BCUT2D eigenvalue weighted by atomic mass is 32.1. The van der Waals surface area contributed by atoms with Gasteiger partial charge in [-0.25, -0.2) is 10.1 Å². The summed E-state index contributed by atoms with van der Waals surface area (Å²) in [5.74, 6) is 1.43. The number of hydrogen-bond donors (Lipinski definition) is 0. The molecule has 5 nitrogen and oxygen atoms in total. The fourth-order valence-electron chi connectivity index (χ4n) is 6.31. The Hall–Kier alpha value is -5.14. The molecule has 0 atom stereocenters. The summed E-state index contributed by atoms with van der Waals surface area (Å²) in [6.07, 6.45) is 6.68. The molecule has 3 heterocycles. The van der Waals surface area contributed by atoms with Gasteiger partial charge in [-0.2, -0.15) is 0 Å². The van der Waals surface area contributed by atoms with Crippen LogP contribution in [0.2, 0.25) is 0 Å². The summed E-state index contributed by atoms with van der Waals surface area (Å²) in [7, 11) is 0. The van der Waals surface area contributed by atoms with E-state index in [1.807, 2.05) is 47.7 Å². The van der Waals surface area contributed by atoms with E-state index in [2.05, 4.69) is 82.6 Å². The molecule has 1 fully saturated rings. The zero-order chi connectivity index (χ0) is 30.6. The topological polar surface area (TPSA) is 49.8 Å². The van der Waals surface area contributed by atoms with Crippen LogP contribution in [0.3, 0.4) is 0 Å². The van der Waals surface area contributed by atoms with Crippen LogP contribution in [0.15, 0.2) is 125 Å². The van der Waals surface area contributed by atoms with Crippen molar-refractivity contribution in [2.75, 3.05) is 31.2 Å². The Kier molecular flexibility index (Phi) is 8.17. The number of allylic oxidation sites excluding steroid dienone is 5. The molecule has 0 saturated carbocycles. The molecule has 0 spiro atoms. The van der Waals surface area contributed by atoms with Crippen molar-refractivity contribution in [3.63, 3.8) is 0 Å². The van der Waals surface area contributed by atoms with Crippen LogP contribution < -0.4 is 4.90 Å². The van der Waals surface area contributed by atoms with Gasteiger partial charge in [0.25, 0.3) is 5.70 Å². The number of thiophene rings is 1. The monoisotopic (exact) mass is 605 g/mol. The van der Waals surface area contributed by atoms with Gasteiger partial charge in [-0.1, -0.05) is 91.0 Å². The Bertz CT molecular complexity index is 1920. The minimum Gasteiger partial charge on any atom is -0.456 e. The fraction of sp³-hybridized carbons (Fsp3) is 0.179. The molecule has 220 valence electrons. The van der Waals surface area contributed by atoms with Crippen molar-refractivity contribution >= 4 is 28.2 Å². The van der Waals surface area contributed by atoms with Gasteiger partial charge >= 0.3 is 0 Å². The molecular formula is C39H31N3O2S. The van der Waals surface area contributed by atoms with Crippen molar-refractivity contribution in [2.24, 2.45) is 0 Å². The molecule has 0 N–H and O–H groups in total. The van der Waals surface area contributed by atoms with Gasteiger partial charge in [-0.15, -0.1) is 11.3 Å². The largest absolute Gasteiger partial charge is 0.456 e. The molecule has 0 unspecified atom stereocenters. The van der Waals surface area contributed by atoms with Crippen LogP contribution in [0.5, 0.6) is 0 Å². The van der Waals surface area contributed by atoms with Crippen LogP contribution in [0.1, 0.15) is 29.7 Å². The lowest BCUT2D eigenvalue weighted by atomic mass is 9.85. The van der Waals surface area contributed by atoms with Gasteiger partial charge in [0.2, 0.25) is 0 Å². The lowest BCUT2D eigenvalue weighted by Crippen LogP contribution is -2.35. The van der Waals surface area contributed by atoms with E-state index in [1.54, 1.807) is 0 Å². The summed E-state index contributed by atoms with van der Waals surface area (Å²) >= 11 is 1.82. The molecule has 0 radical (unpaired) electrons. The quantitative estimate of drug-likeness (QED) is 0.168. The number of morpholine rings is 1. The van der Waals surface area contributed by atoms with E-state index in [1.165, 1.54) is 32.1 Å². The third kappa shape index (κ3) is 5.63. The zero-order valence-corrected chi connectivity index (χ0v) is 25.6. The van der Waals surface area contributed by atoms with E-state index in [0.717, 1.165) is 54.8 Å². The van der Waals surface area contributed by atoms with Gasteiger partial charge in [0, 0.05) is 40.2 Å². The normalized spacial score (nSPS) is 18.4. The molecule has 2 aliphatic heterocycles. The molecule has 3 aromatic carbocycles. The van der Waals surface area contributed by atoms with Gasteiger partial charge in [0.1, 0.15) is 16.5 Å². The maximum atomic E-state index is 9.91. The molecule has 1 aromatic heterocycles. The minimum absolute atomic E-state index is 0.0996. The predicted octanol–water partition coefficient (Wildman–Crippen LogP) is 9.51. The summed E-state index contributed by atoms with van der Waals surface area (Å²) in [6.45, 7) is 10.9. The highest BCUT2D eigenvalue weighted by Crippen LogP contribution is 2.51. The average molecular weight is 606 g/mol. The first-order valence-electron chi connectivity index (χ1n) is 15.3. The van der Waals surface area contributed by atoms with Gasteiger partial charge in [0.05, 0.1) is 25.9 Å². The number of nitriles is 1. The first-order chi connectivity index (χ1) is 22.2. The molecule has 1 aliphatic carbocycles. The van der Waals surface area contributed by atoms with Crippen molar-refractivity contribution in [1.82, 2.24) is 0 Å². The Labute approximate surface area is 268 Å². The molecule has 1 saturated heterocycles. The summed E-state index contributed by atoms with van der Waals surface area (Å²) in [6, 6.07) is 33.4. The van der Waals surface area contributed by atoms with Crippen molar-refractivity contribution in [3.05, 3.63) is 147 Å². The first-order valence-corrected chi connectivity index (χ1v) is 16.1. The van der Waals surface area contributed by atoms with Crippen LogP contribution in [0.25, 0.3) is 38.9 Å². The molecular weight excluding hydrogens is 575 g/mol. The maximum Gasteiger partial charge on any atom is 0.269 e. The SMILES string of the molecule is [C-]#[N+]C(C#N)=C1C=C(c2ccccc2)OC2=C1CCCC2=Cc1sc(N2CCOCC2)c(-c2ccccc2)c1-c1ccccc1. The van der Waals surface area contributed by atoms with Crippen LogP contribution in [0.4, 0.5) is 5.00 Å². The second-order valence-electron chi connectivity index (χ2n) is 11.1. The van der Waals surface area contributed by atoms with Crippen LogP contribution in [-0.4, -0.2) is 26.3 Å². The van der Waals surface area contributed by atoms with E-state index in [0.29, 0.717) is 24.5 Å². The number of nitrogens with zero attached hydrogens (tertiary/aromatic N) is 3. The molecule has 0 bridgehead atoms. The number of anilines is 1. The standard InChI is InChI=1S/C39H31N3O2S/c1-41-33(26-40)32-25-34(27-12-5-2-6-13-27)44-38-30(18-11-19-31(32)38)24-35-36(28-14-7-3-8-15-28)37(29-16-9-4-10-17-29)39(45-35)42-20-22-43-23-21-42/h2-10,12-17,24-25H,11,18-23H2. The van der Waals surface area contributed by atoms with E-state index >= 15 is 0 Å². The second-order valence-corrected chi connectivity index (χ2v) is 12.2. The van der Waals surface area contributed by atoms with Crippen molar-refractivity contribution in [2.45, 2.75) is 19.3 Å². The van der Waals surface area contributed by atoms with E-state index in [4.69, 9.17) is 16.0 Å². The Morgan fingerprint density at radius 3 is 2.09 bits per heavy atom. The van der Waals surface area contributed by atoms with Crippen molar-refractivity contribution < 1.29 is 9.47 Å². The molecule has 7 rings (SSSR count). The van der Waals surface area contributed by atoms with Gasteiger partial charge in [0.15, 0.2) is 0 Å². The number of rotatable bonds is 5. The Balaban J connectivity index is 1.45. The van der Waals surface area contributed by atoms with Gasteiger partial charge < -0.3 is 14.4 Å². The average Bonchev–Trinajstić information content (AvgIpc) is 3.49. The predicted molar refractivity (Wildman–Crippen MR) is 182 cm³/mol. The molecule has 0 amide bonds. The van der Waals surface area contributed by atoms with Crippen LogP contribution in [0, 0.1) is 17.9 Å².